The largest absolute Gasteiger partial charge is 0.457 e. The maximum atomic E-state index is 11.4. The van der Waals surface area contributed by atoms with Crippen LogP contribution in [0.4, 0.5) is 0 Å². The van der Waals surface area contributed by atoms with Crippen molar-refractivity contribution in [3.8, 4) is 11.5 Å². The van der Waals surface area contributed by atoms with Gasteiger partial charge in [0.2, 0.25) is 0 Å². The number of benzene rings is 2. The number of rotatable bonds is 3. The summed E-state index contributed by atoms with van der Waals surface area (Å²) in [5.74, 6) is 1.14. The molecule has 0 radical (unpaired) electrons. The Kier molecular flexibility index (Phi) is 3.45. The summed E-state index contributed by atoms with van der Waals surface area (Å²) in [7, 11) is 0. The lowest BCUT2D eigenvalue weighted by Crippen LogP contribution is -1.96. The molecular formula is C14H11ClO2. The summed E-state index contributed by atoms with van der Waals surface area (Å²) in [5.41, 5.74) is 0.562. The van der Waals surface area contributed by atoms with Gasteiger partial charge >= 0.3 is 0 Å². The zero-order valence-corrected chi connectivity index (χ0v) is 10.1. The van der Waals surface area contributed by atoms with Crippen molar-refractivity contribution in [1.82, 2.24) is 0 Å². The lowest BCUT2D eigenvalue weighted by molar-refractivity contribution is 0.101. The van der Waals surface area contributed by atoms with Gasteiger partial charge < -0.3 is 4.74 Å². The Hall–Kier alpha value is -1.80. The average Bonchev–Trinajstić information content (AvgIpc) is 2.29. The quantitative estimate of drug-likeness (QED) is 0.754. The first kappa shape index (κ1) is 11.7. The second-order valence-electron chi connectivity index (χ2n) is 3.61. The molecule has 86 valence electrons. The number of Topliss-reactive ketones (excluding diaryl/α,β-unsaturated/α-hetero) is 1. The predicted molar refractivity (Wildman–Crippen MR) is 68.0 cm³/mol. The summed E-state index contributed by atoms with van der Waals surface area (Å²) < 4.78 is 5.65. The van der Waals surface area contributed by atoms with Crippen molar-refractivity contribution in [2.75, 3.05) is 0 Å². The molecule has 0 atom stereocenters. The van der Waals surface area contributed by atoms with Crippen molar-refractivity contribution >= 4 is 17.4 Å². The molecular weight excluding hydrogens is 236 g/mol. The van der Waals surface area contributed by atoms with Crippen molar-refractivity contribution in [2.24, 2.45) is 0 Å². The van der Waals surface area contributed by atoms with Crippen LogP contribution in [0.15, 0.2) is 48.5 Å². The highest BCUT2D eigenvalue weighted by atomic mass is 35.5. The highest BCUT2D eigenvalue weighted by Crippen LogP contribution is 2.27. The number of carbonyl (C=O) groups is 1. The zero-order valence-electron chi connectivity index (χ0n) is 9.31. The topological polar surface area (TPSA) is 26.3 Å². The van der Waals surface area contributed by atoms with Gasteiger partial charge in [-0.1, -0.05) is 29.8 Å². The van der Waals surface area contributed by atoms with Gasteiger partial charge in [0.05, 0.1) is 5.56 Å². The van der Waals surface area contributed by atoms with Crippen molar-refractivity contribution < 1.29 is 9.53 Å². The van der Waals surface area contributed by atoms with Crippen LogP contribution >= 0.6 is 11.6 Å². The second-order valence-corrected chi connectivity index (χ2v) is 4.05. The molecule has 0 aliphatic carbocycles. The maximum Gasteiger partial charge on any atom is 0.163 e. The maximum absolute atomic E-state index is 11.4. The lowest BCUT2D eigenvalue weighted by Gasteiger charge is -2.09. The third kappa shape index (κ3) is 2.86. The molecule has 0 aliphatic rings. The molecule has 2 aromatic carbocycles. The molecule has 0 heterocycles. The van der Waals surface area contributed by atoms with E-state index < -0.39 is 0 Å². The number of para-hydroxylation sites is 1. The van der Waals surface area contributed by atoms with E-state index in [4.69, 9.17) is 16.3 Å². The summed E-state index contributed by atoms with van der Waals surface area (Å²) in [4.78, 5) is 11.4. The fraction of sp³-hybridized carbons (Fsp3) is 0.0714. The molecule has 0 aliphatic heterocycles. The van der Waals surface area contributed by atoms with Crippen LogP contribution < -0.4 is 4.74 Å². The standard InChI is InChI=1S/C14H11ClO2/c1-10(16)13-7-2-3-8-14(13)17-12-6-4-5-11(15)9-12/h2-9H,1H3. The van der Waals surface area contributed by atoms with Crippen LogP contribution in [0, 0.1) is 0 Å². The summed E-state index contributed by atoms with van der Waals surface area (Å²) in [6.07, 6.45) is 0. The first-order chi connectivity index (χ1) is 8.16. The Morgan fingerprint density at radius 1 is 1.12 bits per heavy atom. The van der Waals surface area contributed by atoms with Crippen LogP contribution in [0.1, 0.15) is 17.3 Å². The van der Waals surface area contributed by atoms with Gasteiger partial charge in [0.15, 0.2) is 5.78 Å². The monoisotopic (exact) mass is 246 g/mol. The van der Waals surface area contributed by atoms with Crippen LogP contribution in [-0.2, 0) is 0 Å². The number of halogens is 1. The van der Waals surface area contributed by atoms with Crippen LogP contribution in [0.25, 0.3) is 0 Å². The van der Waals surface area contributed by atoms with E-state index >= 15 is 0 Å². The summed E-state index contributed by atoms with van der Waals surface area (Å²) in [6, 6.07) is 14.2. The molecule has 2 nitrogen and oxygen atoms in total. The van der Waals surface area contributed by atoms with Gasteiger partial charge in [-0.25, -0.2) is 0 Å². The van der Waals surface area contributed by atoms with Gasteiger partial charge in [-0.3, -0.25) is 4.79 Å². The summed E-state index contributed by atoms with van der Waals surface area (Å²) in [5, 5.41) is 0.600. The number of ether oxygens (including phenoxy) is 1. The molecule has 3 heteroatoms. The van der Waals surface area contributed by atoms with Gasteiger partial charge in [-0.15, -0.1) is 0 Å². The molecule has 0 spiro atoms. The van der Waals surface area contributed by atoms with Crippen LogP contribution in [0.5, 0.6) is 11.5 Å². The fourth-order valence-corrected chi connectivity index (χ4v) is 1.68. The Bertz CT molecular complexity index is 549. The van der Waals surface area contributed by atoms with Gasteiger partial charge in [0.1, 0.15) is 11.5 Å². The fourth-order valence-electron chi connectivity index (χ4n) is 1.50. The first-order valence-corrected chi connectivity index (χ1v) is 5.58. The highest BCUT2D eigenvalue weighted by Gasteiger charge is 2.08. The molecule has 0 bridgehead atoms. The van der Waals surface area contributed by atoms with E-state index in [1.807, 2.05) is 12.1 Å². The Balaban J connectivity index is 2.33. The van der Waals surface area contributed by atoms with E-state index in [2.05, 4.69) is 0 Å². The Labute approximate surface area is 105 Å². The molecule has 0 saturated carbocycles. The number of ketones is 1. The number of hydrogen-bond acceptors (Lipinski definition) is 2. The third-order valence-corrected chi connectivity index (χ3v) is 2.53. The van der Waals surface area contributed by atoms with Gasteiger partial charge in [0.25, 0.3) is 0 Å². The van der Waals surface area contributed by atoms with Crippen LogP contribution in [0.3, 0.4) is 0 Å². The van der Waals surface area contributed by atoms with Gasteiger partial charge in [0, 0.05) is 5.02 Å². The van der Waals surface area contributed by atoms with E-state index in [-0.39, 0.29) is 5.78 Å². The van der Waals surface area contributed by atoms with Crippen molar-refractivity contribution in [1.29, 1.82) is 0 Å². The summed E-state index contributed by atoms with van der Waals surface area (Å²) in [6.45, 7) is 1.51. The molecule has 0 fully saturated rings. The molecule has 0 unspecified atom stereocenters. The smallest absolute Gasteiger partial charge is 0.163 e. The average molecular weight is 247 g/mol. The van der Waals surface area contributed by atoms with E-state index in [1.54, 1.807) is 36.4 Å². The predicted octanol–water partition coefficient (Wildman–Crippen LogP) is 4.33. The third-order valence-electron chi connectivity index (χ3n) is 2.29. The minimum absolute atomic E-state index is 0.0253. The molecule has 17 heavy (non-hydrogen) atoms. The van der Waals surface area contributed by atoms with Crippen molar-refractivity contribution in [3.63, 3.8) is 0 Å². The number of carbonyl (C=O) groups excluding carboxylic acids is 1. The van der Waals surface area contributed by atoms with E-state index in [1.165, 1.54) is 6.92 Å². The molecule has 0 aromatic heterocycles. The molecule has 0 N–H and O–H groups in total. The lowest BCUT2D eigenvalue weighted by atomic mass is 10.1. The summed E-state index contributed by atoms with van der Waals surface area (Å²) >= 11 is 5.87. The van der Waals surface area contributed by atoms with E-state index in [9.17, 15) is 4.79 Å². The minimum atomic E-state index is -0.0253. The Morgan fingerprint density at radius 3 is 2.59 bits per heavy atom. The molecule has 0 saturated heterocycles. The van der Waals surface area contributed by atoms with Crippen LogP contribution in [-0.4, -0.2) is 5.78 Å². The van der Waals surface area contributed by atoms with Crippen molar-refractivity contribution in [3.05, 3.63) is 59.1 Å². The number of hydrogen-bond donors (Lipinski definition) is 0. The SMILES string of the molecule is CC(=O)c1ccccc1Oc1cccc(Cl)c1. The minimum Gasteiger partial charge on any atom is -0.457 e. The molecule has 2 aromatic rings. The Morgan fingerprint density at radius 2 is 1.88 bits per heavy atom. The van der Waals surface area contributed by atoms with Gasteiger partial charge in [-0.2, -0.15) is 0 Å². The first-order valence-electron chi connectivity index (χ1n) is 5.20. The van der Waals surface area contributed by atoms with E-state index in [0.717, 1.165) is 0 Å². The van der Waals surface area contributed by atoms with Crippen molar-refractivity contribution in [2.45, 2.75) is 6.92 Å². The zero-order chi connectivity index (χ0) is 12.3. The van der Waals surface area contributed by atoms with Gasteiger partial charge in [-0.05, 0) is 37.3 Å². The second kappa shape index (κ2) is 5.02. The van der Waals surface area contributed by atoms with Crippen LogP contribution in [0.2, 0.25) is 5.02 Å². The van der Waals surface area contributed by atoms with E-state index in [0.29, 0.717) is 22.1 Å². The molecule has 0 amide bonds. The normalized spacial score (nSPS) is 10.0. The highest BCUT2D eigenvalue weighted by molar-refractivity contribution is 6.30. The molecule has 2 rings (SSSR count).